The Labute approximate surface area is 113 Å². The van der Waals surface area contributed by atoms with Crippen LogP contribution in [0.5, 0.6) is 0 Å². The Kier molecular flexibility index (Phi) is 8.29. The minimum atomic E-state index is 0.714. The molecule has 0 amide bonds. The van der Waals surface area contributed by atoms with Gasteiger partial charge < -0.3 is 0 Å². The van der Waals surface area contributed by atoms with E-state index in [2.05, 4.69) is 56.3 Å². The van der Waals surface area contributed by atoms with Gasteiger partial charge in [-0.25, -0.2) is 0 Å². The lowest BCUT2D eigenvalue weighted by atomic mass is 9.90. The number of unbranched alkanes of at least 4 members (excludes halogenated alkanes) is 3. The number of hydrogen-bond acceptors (Lipinski definition) is 0. The maximum absolute atomic E-state index is 2.38. The third kappa shape index (κ3) is 6.05. The third-order valence-electron chi connectivity index (χ3n) is 3.47. The third-order valence-corrected chi connectivity index (χ3v) is 3.47. The molecule has 0 saturated carbocycles. The second-order valence-electron chi connectivity index (χ2n) is 5.10. The van der Waals surface area contributed by atoms with Gasteiger partial charge in [-0.3, -0.25) is 0 Å². The maximum Gasteiger partial charge on any atom is -0.0127 e. The van der Waals surface area contributed by atoms with Crippen molar-refractivity contribution in [2.45, 2.75) is 64.7 Å². The van der Waals surface area contributed by atoms with Crippen molar-refractivity contribution < 1.29 is 0 Å². The fourth-order valence-electron chi connectivity index (χ4n) is 2.33. The van der Waals surface area contributed by atoms with Crippen LogP contribution in [0.4, 0.5) is 0 Å². The summed E-state index contributed by atoms with van der Waals surface area (Å²) in [7, 11) is 0. The smallest absolute Gasteiger partial charge is 0.0127 e. The first-order valence-electron chi connectivity index (χ1n) is 7.58. The van der Waals surface area contributed by atoms with Crippen molar-refractivity contribution in [2.75, 3.05) is 0 Å². The highest BCUT2D eigenvalue weighted by Crippen LogP contribution is 2.26. The highest BCUT2D eigenvalue weighted by molar-refractivity contribution is 5.20. The van der Waals surface area contributed by atoms with Gasteiger partial charge in [0.25, 0.3) is 0 Å². The molecular weight excluding hydrogens is 216 g/mol. The molecule has 0 N–H and O–H groups in total. The zero-order chi connectivity index (χ0) is 13.1. The fraction of sp³-hybridized carbons (Fsp3) is 0.556. The lowest BCUT2D eigenvalue weighted by Crippen LogP contribution is -1.97. The maximum atomic E-state index is 2.38. The lowest BCUT2D eigenvalue weighted by Gasteiger charge is -2.15. The van der Waals surface area contributed by atoms with Crippen molar-refractivity contribution in [3.63, 3.8) is 0 Å². The van der Waals surface area contributed by atoms with E-state index in [1.165, 1.54) is 50.5 Å². The Morgan fingerprint density at radius 1 is 0.944 bits per heavy atom. The van der Waals surface area contributed by atoms with Crippen LogP contribution in [0.25, 0.3) is 0 Å². The van der Waals surface area contributed by atoms with Crippen LogP contribution in [0.1, 0.15) is 70.3 Å². The number of hydrogen-bond donors (Lipinski definition) is 0. The molecule has 1 atom stereocenters. The predicted octanol–water partition coefficient (Wildman–Crippen LogP) is 6.10. The monoisotopic (exact) mass is 244 g/mol. The first-order valence-corrected chi connectivity index (χ1v) is 7.58. The van der Waals surface area contributed by atoms with E-state index in [4.69, 9.17) is 0 Å². The van der Waals surface area contributed by atoms with E-state index in [9.17, 15) is 0 Å². The summed E-state index contributed by atoms with van der Waals surface area (Å²) < 4.78 is 0. The standard InChI is InChI=1S/C18H28/c1-3-5-7-10-14-17(13-9-6-4-2)18-15-11-8-12-16-18/h7-8,10-12,15-17H,3-6,9,13-14H2,1-2H3. The Morgan fingerprint density at radius 3 is 2.39 bits per heavy atom. The summed E-state index contributed by atoms with van der Waals surface area (Å²) >= 11 is 0. The molecule has 0 spiro atoms. The van der Waals surface area contributed by atoms with E-state index in [1.807, 2.05) is 0 Å². The summed E-state index contributed by atoms with van der Waals surface area (Å²) in [6.07, 6.45) is 13.8. The van der Waals surface area contributed by atoms with Crippen LogP contribution >= 0.6 is 0 Å². The molecule has 0 bridgehead atoms. The van der Waals surface area contributed by atoms with E-state index in [-0.39, 0.29) is 0 Å². The molecule has 0 aliphatic rings. The van der Waals surface area contributed by atoms with Crippen LogP contribution in [0.3, 0.4) is 0 Å². The molecule has 0 nitrogen and oxygen atoms in total. The molecule has 0 heteroatoms. The van der Waals surface area contributed by atoms with Crippen LogP contribution in [-0.2, 0) is 0 Å². The summed E-state index contributed by atoms with van der Waals surface area (Å²) in [4.78, 5) is 0. The van der Waals surface area contributed by atoms with E-state index in [0.29, 0.717) is 5.92 Å². The Morgan fingerprint density at radius 2 is 1.72 bits per heavy atom. The minimum absolute atomic E-state index is 0.714. The first kappa shape index (κ1) is 15.0. The summed E-state index contributed by atoms with van der Waals surface area (Å²) in [6.45, 7) is 4.51. The molecular formula is C18H28. The molecule has 0 aliphatic heterocycles. The van der Waals surface area contributed by atoms with Crippen LogP contribution in [-0.4, -0.2) is 0 Å². The van der Waals surface area contributed by atoms with E-state index < -0.39 is 0 Å². The molecule has 0 fully saturated rings. The Hall–Kier alpha value is -1.04. The molecule has 1 rings (SSSR count). The van der Waals surface area contributed by atoms with Crippen molar-refractivity contribution >= 4 is 0 Å². The van der Waals surface area contributed by atoms with Crippen molar-refractivity contribution in [3.05, 3.63) is 48.0 Å². The molecule has 0 aromatic heterocycles. The van der Waals surface area contributed by atoms with Crippen molar-refractivity contribution in [2.24, 2.45) is 0 Å². The summed E-state index contributed by atoms with van der Waals surface area (Å²) in [5.74, 6) is 0.714. The normalized spacial score (nSPS) is 13.0. The fourth-order valence-corrected chi connectivity index (χ4v) is 2.33. The molecule has 1 aromatic rings. The molecule has 0 aliphatic carbocycles. The highest BCUT2D eigenvalue weighted by Gasteiger charge is 2.08. The van der Waals surface area contributed by atoms with Crippen molar-refractivity contribution in [1.82, 2.24) is 0 Å². The average Bonchev–Trinajstić information content (AvgIpc) is 2.42. The summed E-state index contributed by atoms with van der Waals surface area (Å²) in [5, 5.41) is 0. The largest absolute Gasteiger partial charge is 0.0885 e. The molecule has 0 radical (unpaired) electrons. The predicted molar refractivity (Wildman–Crippen MR) is 82.0 cm³/mol. The SMILES string of the molecule is CCCC=CCC(CCCCC)c1ccccc1. The van der Waals surface area contributed by atoms with Gasteiger partial charge in [-0.1, -0.05) is 82.0 Å². The van der Waals surface area contributed by atoms with Gasteiger partial charge in [0.05, 0.1) is 0 Å². The molecule has 100 valence electrons. The van der Waals surface area contributed by atoms with E-state index >= 15 is 0 Å². The van der Waals surface area contributed by atoms with Gasteiger partial charge in [0.15, 0.2) is 0 Å². The first-order chi connectivity index (χ1) is 8.88. The average molecular weight is 244 g/mol. The van der Waals surface area contributed by atoms with E-state index in [1.54, 1.807) is 0 Å². The lowest BCUT2D eigenvalue weighted by molar-refractivity contribution is 0.569. The van der Waals surface area contributed by atoms with E-state index in [0.717, 1.165) is 0 Å². The van der Waals surface area contributed by atoms with Crippen LogP contribution in [0, 0.1) is 0 Å². The summed E-state index contributed by atoms with van der Waals surface area (Å²) in [5.41, 5.74) is 1.51. The van der Waals surface area contributed by atoms with Crippen LogP contribution in [0.2, 0.25) is 0 Å². The Bertz CT molecular complexity index is 310. The zero-order valence-electron chi connectivity index (χ0n) is 12.1. The second kappa shape index (κ2) is 9.94. The topological polar surface area (TPSA) is 0 Å². The van der Waals surface area contributed by atoms with Gasteiger partial charge >= 0.3 is 0 Å². The van der Waals surface area contributed by atoms with Gasteiger partial charge in [-0.05, 0) is 30.7 Å². The number of benzene rings is 1. The van der Waals surface area contributed by atoms with Crippen molar-refractivity contribution in [1.29, 1.82) is 0 Å². The van der Waals surface area contributed by atoms with Crippen LogP contribution < -0.4 is 0 Å². The number of allylic oxidation sites excluding steroid dienone is 2. The molecule has 0 saturated heterocycles. The van der Waals surface area contributed by atoms with Gasteiger partial charge in [0.1, 0.15) is 0 Å². The summed E-state index contributed by atoms with van der Waals surface area (Å²) in [6, 6.07) is 11.0. The zero-order valence-corrected chi connectivity index (χ0v) is 12.1. The molecule has 1 aromatic carbocycles. The Balaban J connectivity index is 2.52. The molecule has 1 unspecified atom stereocenters. The van der Waals surface area contributed by atoms with Crippen LogP contribution in [0.15, 0.2) is 42.5 Å². The van der Waals surface area contributed by atoms with Gasteiger partial charge in [-0.2, -0.15) is 0 Å². The molecule has 18 heavy (non-hydrogen) atoms. The van der Waals surface area contributed by atoms with Crippen molar-refractivity contribution in [3.8, 4) is 0 Å². The minimum Gasteiger partial charge on any atom is -0.0885 e. The number of rotatable bonds is 9. The van der Waals surface area contributed by atoms with Gasteiger partial charge in [0, 0.05) is 0 Å². The van der Waals surface area contributed by atoms with Gasteiger partial charge in [0.2, 0.25) is 0 Å². The highest BCUT2D eigenvalue weighted by atomic mass is 14.1. The van der Waals surface area contributed by atoms with Gasteiger partial charge in [-0.15, -0.1) is 0 Å². The second-order valence-corrected chi connectivity index (χ2v) is 5.10. The quantitative estimate of drug-likeness (QED) is 0.364. The molecule has 0 heterocycles.